The average molecular weight is 401 g/mol. The number of rotatable bonds is 5. The Hall–Kier alpha value is -1.59. The molecule has 0 spiro atoms. The van der Waals surface area contributed by atoms with Crippen LogP contribution in [-0.4, -0.2) is 52.5 Å². The van der Waals surface area contributed by atoms with Crippen LogP contribution in [0.5, 0.6) is 0 Å². The predicted molar refractivity (Wildman–Crippen MR) is 115 cm³/mol. The smallest absolute Gasteiger partial charge is 0.304 e. The lowest BCUT2D eigenvalue weighted by molar-refractivity contribution is -0.138. The van der Waals surface area contributed by atoms with Gasteiger partial charge in [-0.2, -0.15) is 0 Å². The summed E-state index contributed by atoms with van der Waals surface area (Å²) < 4.78 is 0. The van der Waals surface area contributed by atoms with Gasteiger partial charge in [0.25, 0.3) is 0 Å². The topological polar surface area (TPSA) is 64.0 Å². The zero-order chi connectivity index (χ0) is 20.5. The molecule has 29 heavy (non-hydrogen) atoms. The van der Waals surface area contributed by atoms with Gasteiger partial charge in [0.1, 0.15) is 6.23 Å². The van der Waals surface area contributed by atoms with Gasteiger partial charge in [0.2, 0.25) is 0 Å². The second-order valence-corrected chi connectivity index (χ2v) is 9.66. The molecular weight excluding hydrogens is 364 g/mol. The van der Waals surface area contributed by atoms with Crippen LogP contribution >= 0.6 is 0 Å². The number of aliphatic hydroxyl groups is 1. The number of hydrogen-bond acceptors (Lipinski definition) is 4. The molecule has 4 rings (SSSR count). The van der Waals surface area contributed by atoms with Crippen molar-refractivity contribution in [2.45, 2.75) is 83.0 Å². The standard InChI is InChI=1S/C24H36N2O3/c1-16(2)17-7-9-18(10-8-17)25-13-11-19(12-14-25)26-22-6-4-3-5-20(22)21(24(26)29)15-23(27)28/h3-6,16-19,21,24,29H,7-15H2,1-2H3,(H,27,28)/t17?,18?,21-,24-/m0/s1. The van der Waals surface area contributed by atoms with Gasteiger partial charge in [0.15, 0.2) is 0 Å². The lowest BCUT2D eigenvalue weighted by Gasteiger charge is -2.44. The highest BCUT2D eigenvalue weighted by Crippen LogP contribution is 2.44. The first kappa shape index (κ1) is 20.7. The number of piperidine rings is 1. The van der Waals surface area contributed by atoms with Crippen LogP contribution < -0.4 is 4.90 Å². The van der Waals surface area contributed by atoms with Crippen LogP contribution in [-0.2, 0) is 4.79 Å². The van der Waals surface area contributed by atoms with Gasteiger partial charge in [-0.05, 0) is 62.0 Å². The summed E-state index contributed by atoms with van der Waals surface area (Å²) in [6.07, 6.45) is 6.68. The summed E-state index contributed by atoms with van der Waals surface area (Å²) in [7, 11) is 0. The Kier molecular flexibility index (Phi) is 6.16. The molecule has 1 aromatic rings. The minimum absolute atomic E-state index is 0.0212. The Morgan fingerprint density at radius 2 is 1.69 bits per heavy atom. The van der Waals surface area contributed by atoms with E-state index in [0.29, 0.717) is 0 Å². The average Bonchev–Trinajstić information content (AvgIpc) is 2.99. The molecule has 1 saturated carbocycles. The van der Waals surface area contributed by atoms with E-state index in [-0.39, 0.29) is 18.4 Å². The number of likely N-dealkylation sites (tertiary alicyclic amines) is 1. The fourth-order valence-corrected chi connectivity index (χ4v) is 6.01. The van der Waals surface area contributed by atoms with Crippen LogP contribution in [0.25, 0.3) is 0 Å². The van der Waals surface area contributed by atoms with Crippen LogP contribution in [0.4, 0.5) is 5.69 Å². The summed E-state index contributed by atoms with van der Waals surface area (Å²) >= 11 is 0. The van der Waals surface area contributed by atoms with Crippen molar-refractivity contribution in [3.8, 4) is 0 Å². The number of carboxylic acids is 1. The van der Waals surface area contributed by atoms with Gasteiger partial charge in [-0.1, -0.05) is 32.0 Å². The van der Waals surface area contributed by atoms with Gasteiger partial charge < -0.3 is 20.0 Å². The Balaban J connectivity index is 1.39. The van der Waals surface area contributed by atoms with Gasteiger partial charge in [-0.15, -0.1) is 0 Å². The van der Waals surface area contributed by atoms with Crippen molar-refractivity contribution in [1.82, 2.24) is 4.90 Å². The van der Waals surface area contributed by atoms with Crippen molar-refractivity contribution in [2.24, 2.45) is 11.8 Å². The summed E-state index contributed by atoms with van der Waals surface area (Å²) in [4.78, 5) is 16.1. The van der Waals surface area contributed by atoms with E-state index in [2.05, 4.69) is 23.6 Å². The van der Waals surface area contributed by atoms with E-state index < -0.39 is 12.2 Å². The van der Waals surface area contributed by atoms with Gasteiger partial charge in [-0.3, -0.25) is 4.79 Å². The van der Waals surface area contributed by atoms with E-state index in [0.717, 1.165) is 55.1 Å². The first-order valence-electron chi connectivity index (χ1n) is 11.5. The Labute approximate surface area is 174 Å². The lowest BCUT2D eigenvalue weighted by atomic mass is 9.79. The monoisotopic (exact) mass is 400 g/mol. The normalized spacial score (nSPS) is 31.2. The highest BCUT2D eigenvalue weighted by molar-refractivity contribution is 5.71. The molecule has 2 heterocycles. The second-order valence-electron chi connectivity index (χ2n) is 9.66. The number of para-hydroxylation sites is 1. The minimum atomic E-state index is -0.850. The van der Waals surface area contributed by atoms with Crippen LogP contribution in [0.3, 0.4) is 0 Å². The number of carbonyl (C=O) groups is 1. The first-order valence-corrected chi connectivity index (χ1v) is 11.5. The van der Waals surface area contributed by atoms with E-state index >= 15 is 0 Å². The zero-order valence-electron chi connectivity index (χ0n) is 17.8. The van der Waals surface area contributed by atoms with Crippen molar-refractivity contribution >= 4 is 11.7 Å². The molecule has 2 atom stereocenters. The molecule has 3 aliphatic rings. The summed E-state index contributed by atoms with van der Waals surface area (Å²) in [6.45, 7) is 6.87. The maximum Gasteiger partial charge on any atom is 0.304 e. The molecule has 1 saturated heterocycles. The van der Waals surface area contributed by atoms with E-state index in [9.17, 15) is 15.0 Å². The molecule has 1 aromatic carbocycles. The quantitative estimate of drug-likeness (QED) is 0.780. The number of aliphatic carboxylic acids is 1. The van der Waals surface area contributed by atoms with Crippen molar-refractivity contribution < 1.29 is 15.0 Å². The molecule has 1 aliphatic carbocycles. The molecule has 0 unspecified atom stereocenters. The van der Waals surface area contributed by atoms with Crippen LogP contribution in [0.15, 0.2) is 24.3 Å². The molecule has 0 bridgehead atoms. The van der Waals surface area contributed by atoms with Gasteiger partial charge in [0.05, 0.1) is 6.42 Å². The molecule has 160 valence electrons. The highest BCUT2D eigenvalue weighted by atomic mass is 16.4. The second kappa shape index (κ2) is 8.65. The fourth-order valence-electron chi connectivity index (χ4n) is 6.01. The highest BCUT2D eigenvalue weighted by Gasteiger charge is 2.42. The molecule has 0 amide bonds. The van der Waals surface area contributed by atoms with Crippen molar-refractivity contribution in [3.63, 3.8) is 0 Å². The third-order valence-electron chi connectivity index (χ3n) is 7.75. The van der Waals surface area contributed by atoms with E-state index in [1.165, 1.54) is 25.7 Å². The number of anilines is 1. The third kappa shape index (κ3) is 4.17. The largest absolute Gasteiger partial charge is 0.481 e. The molecule has 5 nitrogen and oxygen atoms in total. The number of fused-ring (bicyclic) bond motifs is 1. The summed E-state index contributed by atoms with van der Waals surface area (Å²) in [5.74, 6) is 0.508. The number of carboxylic acid groups (broad SMARTS) is 1. The van der Waals surface area contributed by atoms with Crippen molar-refractivity contribution in [2.75, 3.05) is 18.0 Å². The van der Waals surface area contributed by atoms with Crippen molar-refractivity contribution in [1.29, 1.82) is 0 Å². The predicted octanol–water partition coefficient (Wildman–Crippen LogP) is 4.06. The SMILES string of the molecule is CC(C)C1CCC(N2CCC(N3c4ccccc4[C@H](CC(=O)O)[C@@H]3O)CC2)CC1. The van der Waals surface area contributed by atoms with Crippen LogP contribution in [0, 0.1) is 11.8 Å². The number of hydrogen-bond donors (Lipinski definition) is 2. The number of aliphatic hydroxyl groups excluding tert-OH is 1. The van der Waals surface area contributed by atoms with Crippen LogP contribution in [0.2, 0.25) is 0 Å². The van der Waals surface area contributed by atoms with Crippen LogP contribution in [0.1, 0.15) is 70.3 Å². The van der Waals surface area contributed by atoms with E-state index in [1.807, 2.05) is 24.3 Å². The van der Waals surface area contributed by atoms with Gasteiger partial charge in [-0.25, -0.2) is 0 Å². The maximum atomic E-state index is 11.3. The number of nitrogens with zero attached hydrogens (tertiary/aromatic N) is 2. The Morgan fingerprint density at radius 3 is 2.31 bits per heavy atom. The summed E-state index contributed by atoms with van der Waals surface area (Å²) in [5, 5.41) is 20.3. The maximum absolute atomic E-state index is 11.3. The molecule has 5 heteroatoms. The zero-order valence-corrected chi connectivity index (χ0v) is 17.8. The molecule has 2 aliphatic heterocycles. The molecular formula is C24H36N2O3. The van der Waals surface area contributed by atoms with Gasteiger partial charge in [0, 0.05) is 36.8 Å². The third-order valence-corrected chi connectivity index (χ3v) is 7.75. The Morgan fingerprint density at radius 1 is 1.03 bits per heavy atom. The van der Waals surface area contributed by atoms with Crippen molar-refractivity contribution in [3.05, 3.63) is 29.8 Å². The molecule has 0 radical (unpaired) electrons. The molecule has 2 fully saturated rings. The molecule has 2 N–H and O–H groups in total. The first-order chi connectivity index (χ1) is 14.0. The molecule has 0 aromatic heterocycles. The minimum Gasteiger partial charge on any atom is -0.481 e. The summed E-state index contributed by atoms with van der Waals surface area (Å²) in [6, 6.07) is 8.97. The number of benzene rings is 1. The lowest BCUT2D eigenvalue weighted by Crippen LogP contribution is -2.51. The summed E-state index contributed by atoms with van der Waals surface area (Å²) in [5.41, 5.74) is 2.01. The van der Waals surface area contributed by atoms with Gasteiger partial charge >= 0.3 is 5.97 Å². The van der Waals surface area contributed by atoms with E-state index in [4.69, 9.17) is 0 Å². The Bertz CT molecular complexity index is 706. The van der Waals surface area contributed by atoms with E-state index in [1.54, 1.807) is 0 Å². The fraction of sp³-hybridized carbons (Fsp3) is 0.708.